The lowest BCUT2D eigenvalue weighted by molar-refractivity contribution is 0.276. The third-order valence-corrected chi connectivity index (χ3v) is 2.63. The van der Waals surface area contributed by atoms with Crippen LogP contribution in [0.25, 0.3) is 0 Å². The van der Waals surface area contributed by atoms with Crippen LogP contribution in [0.4, 0.5) is 0 Å². The van der Waals surface area contributed by atoms with Gasteiger partial charge in [0.1, 0.15) is 0 Å². The molecule has 0 N–H and O–H groups in total. The largest absolute Gasteiger partial charge is 0.331 e. The smallest absolute Gasteiger partial charge is 0.197 e. The van der Waals surface area contributed by atoms with Crippen LogP contribution >= 0.6 is 8.38 Å². The molecule has 0 aromatic carbocycles. The van der Waals surface area contributed by atoms with Gasteiger partial charge < -0.3 is 9.05 Å². The van der Waals surface area contributed by atoms with E-state index >= 15 is 0 Å². The fourth-order valence-corrected chi connectivity index (χ4v) is 1.73. The van der Waals surface area contributed by atoms with Crippen molar-refractivity contribution in [3.05, 3.63) is 11.4 Å². The van der Waals surface area contributed by atoms with Crippen LogP contribution in [-0.4, -0.2) is 13.2 Å². The SMILES string of the molecule is CCOP(C=C(C)C)OCC. The predicted octanol–water partition coefficient (Wildman–Crippen LogP) is 3.30. The molecule has 0 aliphatic rings. The first-order chi connectivity index (χ1) is 5.20. The molecule has 0 aliphatic heterocycles. The molecule has 0 aromatic rings. The molecule has 0 spiro atoms. The van der Waals surface area contributed by atoms with E-state index in [9.17, 15) is 0 Å². The van der Waals surface area contributed by atoms with Gasteiger partial charge in [0.2, 0.25) is 0 Å². The fraction of sp³-hybridized carbons (Fsp3) is 0.750. The second-order valence-corrected chi connectivity index (χ2v) is 3.67. The average molecular weight is 176 g/mol. The standard InChI is InChI=1S/C8H17O2P/c1-5-9-11(10-6-2)7-8(3)4/h7H,5-6H2,1-4H3. The van der Waals surface area contributed by atoms with Gasteiger partial charge in [0, 0.05) is 0 Å². The summed E-state index contributed by atoms with van der Waals surface area (Å²) in [6, 6.07) is 0. The minimum absolute atomic E-state index is 0.718. The highest BCUT2D eigenvalue weighted by Crippen LogP contribution is 2.40. The summed E-state index contributed by atoms with van der Waals surface area (Å²) in [5, 5.41) is 0. The first-order valence-electron chi connectivity index (χ1n) is 3.90. The maximum absolute atomic E-state index is 5.36. The normalized spacial score (nSPS) is 10.3. The Kier molecular flexibility index (Phi) is 6.83. The fourth-order valence-electron chi connectivity index (χ4n) is 0.577. The van der Waals surface area contributed by atoms with E-state index in [4.69, 9.17) is 9.05 Å². The lowest BCUT2D eigenvalue weighted by Crippen LogP contribution is -1.87. The zero-order valence-corrected chi connectivity index (χ0v) is 8.65. The molecule has 0 saturated heterocycles. The van der Waals surface area contributed by atoms with Crippen LogP contribution in [-0.2, 0) is 9.05 Å². The Labute approximate surface area is 70.5 Å². The molecular weight excluding hydrogens is 159 g/mol. The summed E-state index contributed by atoms with van der Waals surface area (Å²) in [5.41, 5.74) is 1.25. The lowest BCUT2D eigenvalue weighted by atomic mass is 10.4. The third kappa shape index (κ3) is 6.49. The van der Waals surface area contributed by atoms with Crippen LogP contribution < -0.4 is 0 Å². The van der Waals surface area contributed by atoms with Gasteiger partial charge in [0.05, 0.1) is 13.2 Å². The maximum atomic E-state index is 5.36. The van der Waals surface area contributed by atoms with Crippen molar-refractivity contribution in [2.24, 2.45) is 0 Å². The molecule has 0 bridgehead atoms. The summed E-state index contributed by atoms with van der Waals surface area (Å²) in [5.74, 6) is 2.04. The van der Waals surface area contributed by atoms with Gasteiger partial charge in [-0.2, -0.15) is 0 Å². The Morgan fingerprint density at radius 3 is 1.91 bits per heavy atom. The average Bonchev–Trinajstić information content (AvgIpc) is 1.87. The molecule has 0 saturated carbocycles. The van der Waals surface area contributed by atoms with Crippen molar-refractivity contribution in [1.82, 2.24) is 0 Å². The van der Waals surface area contributed by atoms with Crippen LogP contribution in [0.2, 0.25) is 0 Å². The summed E-state index contributed by atoms with van der Waals surface area (Å²) < 4.78 is 10.7. The molecule has 3 heteroatoms. The summed E-state index contributed by atoms with van der Waals surface area (Å²) in [6.07, 6.45) is 0. The van der Waals surface area contributed by atoms with E-state index in [0.29, 0.717) is 0 Å². The minimum Gasteiger partial charge on any atom is -0.331 e. The highest BCUT2D eigenvalue weighted by atomic mass is 31.2. The van der Waals surface area contributed by atoms with Gasteiger partial charge in [-0.3, -0.25) is 0 Å². The van der Waals surface area contributed by atoms with Crippen molar-refractivity contribution < 1.29 is 9.05 Å². The summed E-state index contributed by atoms with van der Waals surface area (Å²) in [4.78, 5) is 0. The second kappa shape index (κ2) is 6.78. The van der Waals surface area contributed by atoms with Crippen LogP contribution in [0.15, 0.2) is 11.4 Å². The first kappa shape index (κ1) is 11.1. The highest BCUT2D eigenvalue weighted by Gasteiger charge is 2.03. The highest BCUT2D eigenvalue weighted by molar-refractivity contribution is 7.50. The molecule has 0 amide bonds. The van der Waals surface area contributed by atoms with E-state index in [-0.39, 0.29) is 0 Å². The summed E-state index contributed by atoms with van der Waals surface area (Å²) in [7, 11) is -0.762. The van der Waals surface area contributed by atoms with E-state index in [1.807, 2.05) is 33.5 Å². The van der Waals surface area contributed by atoms with Crippen molar-refractivity contribution in [3.8, 4) is 0 Å². The van der Waals surface area contributed by atoms with Crippen LogP contribution in [0, 0.1) is 0 Å². The molecule has 0 aromatic heterocycles. The Morgan fingerprint density at radius 2 is 1.64 bits per heavy atom. The van der Waals surface area contributed by atoms with Crippen molar-refractivity contribution in [3.63, 3.8) is 0 Å². The molecular formula is C8H17O2P. The van der Waals surface area contributed by atoms with E-state index in [1.165, 1.54) is 5.57 Å². The van der Waals surface area contributed by atoms with Crippen molar-refractivity contribution in [1.29, 1.82) is 0 Å². The van der Waals surface area contributed by atoms with Gasteiger partial charge in [-0.25, -0.2) is 0 Å². The zero-order valence-electron chi connectivity index (χ0n) is 7.76. The number of hydrogen-bond acceptors (Lipinski definition) is 2. The molecule has 0 unspecified atom stereocenters. The van der Waals surface area contributed by atoms with Crippen molar-refractivity contribution >= 4 is 8.38 Å². The molecule has 0 aliphatic carbocycles. The quantitative estimate of drug-likeness (QED) is 0.598. The van der Waals surface area contributed by atoms with Crippen LogP contribution in [0.5, 0.6) is 0 Å². The third-order valence-electron chi connectivity index (χ3n) is 0.876. The minimum atomic E-state index is -0.762. The molecule has 2 nitrogen and oxygen atoms in total. The molecule has 11 heavy (non-hydrogen) atoms. The van der Waals surface area contributed by atoms with Gasteiger partial charge in [0.25, 0.3) is 0 Å². The Hall–Kier alpha value is 0.0900. The number of hydrogen-bond donors (Lipinski definition) is 0. The topological polar surface area (TPSA) is 18.5 Å². The molecule has 0 fully saturated rings. The Bertz CT molecular complexity index is 113. The van der Waals surface area contributed by atoms with Crippen LogP contribution in [0.3, 0.4) is 0 Å². The molecule has 0 radical (unpaired) electrons. The molecule has 0 heterocycles. The van der Waals surface area contributed by atoms with Gasteiger partial charge in [0.15, 0.2) is 8.38 Å². The van der Waals surface area contributed by atoms with Crippen LogP contribution in [0.1, 0.15) is 27.7 Å². The number of rotatable bonds is 5. The molecule has 0 rings (SSSR count). The number of allylic oxidation sites excluding steroid dienone is 1. The molecule has 0 atom stereocenters. The van der Waals surface area contributed by atoms with Gasteiger partial charge in [-0.05, 0) is 33.5 Å². The van der Waals surface area contributed by atoms with Gasteiger partial charge >= 0.3 is 0 Å². The monoisotopic (exact) mass is 176 g/mol. The van der Waals surface area contributed by atoms with E-state index in [2.05, 4.69) is 0 Å². The van der Waals surface area contributed by atoms with Gasteiger partial charge in [-0.1, -0.05) is 5.57 Å². The molecule has 66 valence electrons. The Morgan fingerprint density at radius 1 is 1.18 bits per heavy atom. The lowest BCUT2D eigenvalue weighted by Gasteiger charge is -2.11. The summed E-state index contributed by atoms with van der Waals surface area (Å²) in [6.45, 7) is 9.49. The summed E-state index contributed by atoms with van der Waals surface area (Å²) >= 11 is 0. The van der Waals surface area contributed by atoms with E-state index < -0.39 is 8.38 Å². The Balaban J connectivity index is 3.78. The maximum Gasteiger partial charge on any atom is 0.197 e. The first-order valence-corrected chi connectivity index (χ1v) is 5.15. The predicted molar refractivity (Wildman–Crippen MR) is 49.6 cm³/mol. The van der Waals surface area contributed by atoms with Gasteiger partial charge in [-0.15, -0.1) is 0 Å². The van der Waals surface area contributed by atoms with Crippen molar-refractivity contribution in [2.75, 3.05) is 13.2 Å². The second-order valence-electron chi connectivity index (χ2n) is 2.33. The van der Waals surface area contributed by atoms with E-state index in [0.717, 1.165) is 13.2 Å². The van der Waals surface area contributed by atoms with Crippen molar-refractivity contribution in [2.45, 2.75) is 27.7 Å². The zero-order chi connectivity index (χ0) is 8.69. The van der Waals surface area contributed by atoms with E-state index in [1.54, 1.807) is 0 Å².